The molecule has 0 radical (unpaired) electrons. The molecule has 0 bridgehead atoms. The summed E-state index contributed by atoms with van der Waals surface area (Å²) in [5, 5.41) is 5.51. The highest BCUT2D eigenvalue weighted by molar-refractivity contribution is 7.10. The Bertz CT molecular complexity index is 381. The molecular formula is C12H17NOS. The first-order valence-electron chi connectivity index (χ1n) is 5.61. The predicted molar refractivity (Wildman–Crippen MR) is 62.6 cm³/mol. The van der Waals surface area contributed by atoms with Gasteiger partial charge < -0.3 is 10.1 Å². The fourth-order valence-corrected chi connectivity index (χ4v) is 3.89. The third kappa shape index (κ3) is 1.37. The van der Waals surface area contributed by atoms with Gasteiger partial charge in [-0.3, -0.25) is 0 Å². The van der Waals surface area contributed by atoms with Crippen molar-refractivity contribution in [2.75, 3.05) is 20.2 Å². The number of ether oxygens (including phenoxy) is 1. The average Bonchev–Trinajstić information content (AvgIpc) is 2.88. The Kier molecular flexibility index (Phi) is 2.16. The van der Waals surface area contributed by atoms with Gasteiger partial charge in [-0.2, -0.15) is 0 Å². The second-order valence-electron chi connectivity index (χ2n) is 4.80. The van der Waals surface area contributed by atoms with E-state index in [2.05, 4.69) is 17.6 Å². The van der Waals surface area contributed by atoms with Gasteiger partial charge in [-0.1, -0.05) is 0 Å². The SMILES string of the molecule is CNC[C@H]1OCC2(CC2)c2c(C)csc21. The lowest BCUT2D eigenvalue weighted by Crippen LogP contribution is -2.30. The zero-order valence-electron chi connectivity index (χ0n) is 9.30. The number of rotatable bonds is 2. The molecule has 82 valence electrons. The summed E-state index contributed by atoms with van der Waals surface area (Å²) < 4.78 is 5.98. The van der Waals surface area contributed by atoms with Gasteiger partial charge in [0.2, 0.25) is 0 Å². The third-order valence-electron chi connectivity index (χ3n) is 3.63. The Labute approximate surface area is 94.6 Å². The zero-order chi connectivity index (χ0) is 10.5. The third-order valence-corrected chi connectivity index (χ3v) is 4.82. The fourth-order valence-electron chi connectivity index (χ4n) is 2.67. The summed E-state index contributed by atoms with van der Waals surface area (Å²) in [5.74, 6) is 0. The van der Waals surface area contributed by atoms with E-state index in [0.29, 0.717) is 5.41 Å². The number of aryl methyl sites for hydroxylation is 1. The Morgan fingerprint density at radius 2 is 2.40 bits per heavy atom. The minimum Gasteiger partial charge on any atom is -0.370 e. The Morgan fingerprint density at radius 3 is 3.07 bits per heavy atom. The molecule has 3 heteroatoms. The van der Waals surface area contributed by atoms with Gasteiger partial charge in [0.1, 0.15) is 6.10 Å². The molecule has 15 heavy (non-hydrogen) atoms. The molecule has 1 N–H and O–H groups in total. The Balaban J connectivity index is 2.02. The first-order valence-corrected chi connectivity index (χ1v) is 6.49. The van der Waals surface area contributed by atoms with Gasteiger partial charge in [-0.25, -0.2) is 0 Å². The van der Waals surface area contributed by atoms with E-state index in [9.17, 15) is 0 Å². The topological polar surface area (TPSA) is 21.3 Å². The van der Waals surface area contributed by atoms with Crippen LogP contribution in [0.25, 0.3) is 0 Å². The van der Waals surface area contributed by atoms with Crippen molar-refractivity contribution in [1.82, 2.24) is 5.32 Å². The van der Waals surface area contributed by atoms with Crippen LogP contribution in [0.1, 0.15) is 34.9 Å². The lowest BCUT2D eigenvalue weighted by atomic mass is 9.90. The molecule has 2 nitrogen and oxygen atoms in total. The summed E-state index contributed by atoms with van der Waals surface area (Å²) in [5.41, 5.74) is 3.53. The minimum absolute atomic E-state index is 0.287. The van der Waals surface area contributed by atoms with Crippen LogP contribution in [0, 0.1) is 6.92 Å². The second-order valence-corrected chi connectivity index (χ2v) is 5.71. The lowest BCUT2D eigenvalue weighted by Gasteiger charge is -2.30. The van der Waals surface area contributed by atoms with E-state index in [1.165, 1.54) is 23.3 Å². The molecule has 1 saturated carbocycles. The maximum atomic E-state index is 5.98. The van der Waals surface area contributed by atoms with Crippen molar-refractivity contribution in [3.63, 3.8) is 0 Å². The Hall–Kier alpha value is -0.380. The van der Waals surface area contributed by atoms with Crippen molar-refractivity contribution in [3.8, 4) is 0 Å². The summed E-state index contributed by atoms with van der Waals surface area (Å²) in [6.45, 7) is 4.12. The van der Waals surface area contributed by atoms with Gasteiger partial charge >= 0.3 is 0 Å². The van der Waals surface area contributed by atoms with Gasteiger partial charge in [0.05, 0.1) is 6.61 Å². The van der Waals surface area contributed by atoms with E-state index >= 15 is 0 Å². The number of thiophene rings is 1. The van der Waals surface area contributed by atoms with Crippen molar-refractivity contribution < 1.29 is 4.74 Å². The smallest absolute Gasteiger partial charge is 0.104 e. The molecule has 0 aromatic carbocycles. The van der Waals surface area contributed by atoms with Crippen molar-refractivity contribution in [2.24, 2.45) is 0 Å². The zero-order valence-corrected chi connectivity index (χ0v) is 10.1. The minimum atomic E-state index is 0.287. The van der Waals surface area contributed by atoms with E-state index in [4.69, 9.17) is 4.74 Å². The Morgan fingerprint density at radius 1 is 1.60 bits per heavy atom. The normalized spacial score (nSPS) is 26.7. The molecule has 0 amide bonds. The van der Waals surface area contributed by atoms with Gasteiger partial charge in [-0.05, 0) is 43.3 Å². The quantitative estimate of drug-likeness (QED) is 0.831. The van der Waals surface area contributed by atoms with Crippen LogP contribution in [0.4, 0.5) is 0 Å². The van der Waals surface area contributed by atoms with Crippen LogP contribution < -0.4 is 5.32 Å². The molecule has 1 aromatic heterocycles. The molecule has 0 saturated heterocycles. The molecule has 1 aromatic rings. The maximum Gasteiger partial charge on any atom is 0.104 e. The highest BCUT2D eigenvalue weighted by atomic mass is 32.1. The van der Waals surface area contributed by atoms with Crippen molar-refractivity contribution >= 4 is 11.3 Å². The first-order chi connectivity index (χ1) is 7.27. The van der Waals surface area contributed by atoms with Crippen LogP contribution in [0.2, 0.25) is 0 Å². The van der Waals surface area contributed by atoms with Crippen LogP contribution in [0.5, 0.6) is 0 Å². The van der Waals surface area contributed by atoms with Crippen LogP contribution in [-0.2, 0) is 10.2 Å². The van der Waals surface area contributed by atoms with Crippen LogP contribution >= 0.6 is 11.3 Å². The molecule has 1 fully saturated rings. The number of hydrogen-bond donors (Lipinski definition) is 1. The van der Waals surface area contributed by atoms with Crippen LogP contribution in [-0.4, -0.2) is 20.2 Å². The molecule has 2 heterocycles. The van der Waals surface area contributed by atoms with Crippen LogP contribution in [0.3, 0.4) is 0 Å². The van der Waals surface area contributed by atoms with Crippen molar-refractivity contribution in [3.05, 3.63) is 21.4 Å². The maximum absolute atomic E-state index is 5.98. The van der Waals surface area contributed by atoms with E-state index in [0.717, 1.165) is 13.2 Å². The van der Waals surface area contributed by atoms with E-state index in [1.807, 2.05) is 18.4 Å². The van der Waals surface area contributed by atoms with Crippen molar-refractivity contribution in [2.45, 2.75) is 31.3 Å². The molecule has 3 rings (SSSR count). The molecule has 1 aliphatic heterocycles. The summed E-state index contributed by atoms with van der Waals surface area (Å²) in [7, 11) is 1.99. The standard InChI is InChI=1S/C12H17NOS/c1-8-6-15-11-9(5-13-2)14-7-12(3-4-12)10(8)11/h6,9,13H,3-5,7H2,1-2H3/t9-/m1/s1. The van der Waals surface area contributed by atoms with Crippen LogP contribution in [0.15, 0.2) is 5.38 Å². The number of hydrogen-bond acceptors (Lipinski definition) is 3. The number of likely N-dealkylation sites (N-methyl/N-ethyl adjacent to an activating group) is 1. The summed E-state index contributed by atoms with van der Waals surface area (Å²) in [6.07, 6.45) is 2.93. The lowest BCUT2D eigenvalue weighted by molar-refractivity contribution is 0.0259. The predicted octanol–water partition coefficient (Wildman–Crippen LogP) is 2.38. The summed E-state index contributed by atoms with van der Waals surface area (Å²) in [4.78, 5) is 1.48. The highest BCUT2D eigenvalue weighted by Gasteiger charge is 2.51. The molecule has 2 aliphatic rings. The summed E-state index contributed by atoms with van der Waals surface area (Å²) >= 11 is 1.88. The highest BCUT2D eigenvalue weighted by Crippen LogP contribution is 2.56. The van der Waals surface area contributed by atoms with E-state index in [-0.39, 0.29) is 6.10 Å². The van der Waals surface area contributed by atoms with Crippen molar-refractivity contribution in [1.29, 1.82) is 0 Å². The molecule has 1 spiro atoms. The molecular weight excluding hydrogens is 206 g/mol. The number of fused-ring (bicyclic) bond motifs is 2. The van der Waals surface area contributed by atoms with Gasteiger partial charge in [-0.15, -0.1) is 11.3 Å². The first kappa shape index (κ1) is 9.82. The monoisotopic (exact) mass is 223 g/mol. The largest absolute Gasteiger partial charge is 0.370 e. The number of nitrogens with one attached hydrogen (secondary N) is 1. The van der Waals surface area contributed by atoms with E-state index < -0.39 is 0 Å². The van der Waals surface area contributed by atoms with Gasteiger partial charge in [0, 0.05) is 16.8 Å². The molecule has 0 unspecified atom stereocenters. The fraction of sp³-hybridized carbons (Fsp3) is 0.667. The van der Waals surface area contributed by atoms with Gasteiger partial charge in [0.25, 0.3) is 0 Å². The summed E-state index contributed by atoms with van der Waals surface area (Å²) in [6, 6.07) is 0. The average molecular weight is 223 g/mol. The second kappa shape index (κ2) is 3.30. The van der Waals surface area contributed by atoms with E-state index in [1.54, 1.807) is 5.56 Å². The molecule has 1 atom stereocenters. The van der Waals surface area contributed by atoms with Gasteiger partial charge in [0.15, 0.2) is 0 Å². The molecule has 1 aliphatic carbocycles.